The number of epoxide rings is 1. The Morgan fingerprint density at radius 1 is 1.24 bits per heavy atom. The van der Waals surface area contributed by atoms with Gasteiger partial charge in [-0.25, -0.2) is 0 Å². The van der Waals surface area contributed by atoms with Gasteiger partial charge in [-0.15, -0.1) is 0 Å². The van der Waals surface area contributed by atoms with Crippen LogP contribution in [0.2, 0.25) is 12.1 Å². The van der Waals surface area contributed by atoms with Gasteiger partial charge in [0.2, 0.25) is 0 Å². The summed E-state index contributed by atoms with van der Waals surface area (Å²) in [6.45, 7) is 12.1. The molecule has 5 heteroatoms. The van der Waals surface area contributed by atoms with E-state index in [9.17, 15) is 0 Å². The molecular formula is C12H26O4Si. The predicted molar refractivity (Wildman–Crippen MR) is 69.5 cm³/mol. The first-order chi connectivity index (χ1) is 8.16. The molecule has 0 aromatic carbocycles. The van der Waals surface area contributed by atoms with E-state index in [0.29, 0.717) is 31.5 Å². The first-order valence-electron chi connectivity index (χ1n) is 6.63. The van der Waals surface area contributed by atoms with Crippen molar-refractivity contribution >= 4 is 8.56 Å². The lowest BCUT2D eigenvalue weighted by Gasteiger charge is -2.33. The van der Waals surface area contributed by atoms with Gasteiger partial charge in [-0.05, 0) is 26.8 Å². The molecule has 0 bridgehead atoms. The Hall–Kier alpha value is 0.0569. The molecule has 0 radical (unpaired) electrons. The molecule has 17 heavy (non-hydrogen) atoms. The van der Waals surface area contributed by atoms with Crippen molar-refractivity contribution in [3.05, 3.63) is 0 Å². The van der Waals surface area contributed by atoms with Gasteiger partial charge >= 0.3 is 8.56 Å². The summed E-state index contributed by atoms with van der Waals surface area (Å²) in [5, 5.41) is 0. The predicted octanol–water partition coefficient (Wildman–Crippen LogP) is 2.33. The van der Waals surface area contributed by atoms with Gasteiger partial charge < -0.3 is 18.3 Å². The van der Waals surface area contributed by atoms with E-state index in [4.69, 9.17) is 18.3 Å². The summed E-state index contributed by atoms with van der Waals surface area (Å²) in [6.07, 6.45) is 1.37. The van der Waals surface area contributed by atoms with E-state index in [1.54, 1.807) is 0 Å². The number of hydrogen-bond donors (Lipinski definition) is 0. The molecule has 1 rings (SSSR count). The van der Waals surface area contributed by atoms with Crippen LogP contribution in [0.3, 0.4) is 0 Å². The number of rotatable bonds is 10. The lowest BCUT2D eigenvalue weighted by molar-refractivity contribution is 0.0936. The lowest BCUT2D eigenvalue weighted by atomic mass is 10.3. The van der Waals surface area contributed by atoms with Crippen molar-refractivity contribution in [1.29, 1.82) is 0 Å². The van der Waals surface area contributed by atoms with Gasteiger partial charge in [-0.3, -0.25) is 0 Å². The van der Waals surface area contributed by atoms with Gasteiger partial charge in [-0.2, -0.15) is 0 Å². The van der Waals surface area contributed by atoms with Crippen molar-refractivity contribution in [2.75, 3.05) is 33.0 Å². The van der Waals surface area contributed by atoms with E-state index in [2.05, 4.69) is 13.5 Å². The molecular weight excluding hydrogens is 236 g/mol. The third kappa shape index (κ3) is 5.05. The minimum Gasteiger partial charge on any atom is -0.394 e. The Kier molecular flexibility index (Phi) is 6.65. The Labute approximate surface area is 106 Å². The van der Waals surface area contributed by atoms with E-state index in [-0.39, 0.29) is 0 Å². The first kappa shape index (κ1) is 15.1. The average Bonchev–Trinajstić information content (AvgIpc) is 3.08. The molecule has 1 aliphatic rings. The maximum Gasteiger partial charge on any atom is 0.340 e. The topological polar surface area (TPSA) is 40.2 Å². The average molecular weight is 262 g/mol. The van der Waals surface area contributed by atoms with Gasteiger partial charge in [0.25, 0.3) is 0 Å². The normalized spacial score (nSPS) is 21.5. The fraction of sp³-hybridized carbons (Fsp3) is 1.00. The highest BCUT2D eigenvalue weighted by Crippen LogP contribution is 2.28. The zero-order valence-electron chi connectivity index (χ0n) is 11.5. The van der Waals surface area contributed by atoms with E-state index in [1.807, 2.05) is 13.8 Å². The molecule has 0 spiro atoms. The molecule has 0 saturated carbocycles. The van der Waals surface area contributed by atoms with Gasteiger partial charge in [0, 0.05) is 18.8 Å². The summed E-state index contributed by atoms with van der Waals surface area (Å²) >= 11 is 0. The molecule has 0 amide bonds. The Bertz CT molecular complexity index is 203. The summed E-state index contributed by atoms with van der Waals surface area (Å²) in [5.41, 5.74) is 0.390. The largest absolute Gasteiger partial charge is 0.394 e. The van der Waals surface area contributed by atoms with Crippen molar-refractivity contribution in [2.45, 2.75) is 45.4 Å². The molecule has 1 aliphatic heterocycles. The van der Waals surface area contributed by atoms with Crippen LogP contribution < -0.4 is 0 Å². The number of ether oxygens (including phenoxy) is 2. The van der Waals surface area contributed by atoms with Crippen LogP contribution in [-0.4, -0.2) is 47.7 Å². The van der Waals surface area contributed by atoms with E-state index >= 15 is 0 Å². The van der Waals surface area contributed by atoms with Crippen molar-refractivity contribution in [2.24, 2.45) is 0 Å². The minimum absolute atomic E-state index is 0.333. The molecule has 2 atom stereocenters. The summed E-state index contributed by atoms with van der Waals surface area (Å²) in [7, 11) is -2.10. The van der Waals surface area contributed by atoms with Gasteiger partial charge in [0.05, 0.1) is 19.8 Å². The highest BCUT2D eigenvalue weighted by Gasteiger charge is 2.40. The quantitative estimate of drug-likeness (QED) is 0.447. The molecule has 1 fully saturated rings. The zero-order chi connectivity index (χ0) is 12.7. The van der Waals surface area contributed by atoms with E-state index in [0.717, 1.165) is 19.6 Å². The minimum atomic E-state index is -2.10. The first-order valence-corrected chi connectivity index (χ1v) is 9.02. The highest BCUT2D eigenvalue weighted by atomic mass is 28.4. The number of hydrogen-bond acceptors (Lipinski definition) is 4. The van der Waals surface area contributed by atoms with Gasteiger partial charge in [0.15, 0.2) is 0 Å². The molecule has 0 aromatic rings. The van der Waals surface area contributed by atoms with Crippen LogP contribution in [0.15, 0.2) is 0 Å². The summed E-state index contributed by atoms with van der Waals surface area (Å²) in [6, 6.07) is 0. The molecule has 4 nitrogen and oxygen atoms in total. The molecule has 1 saturated heterocycles. The highest BCUT2D eigenvalue weighted by molar-refractivity contribution is 6.67. The molecule has 2 unspecified atom stereocenters. The van der Waals surface area contributed by atoms with Gasteiger partial charge in [-0.1, -0.05) is 6.92 Å². The maximum absolute atomic E-state index is 5.90. The smallest absolute Gasteiger partial charge is 0.340 e. The molecule has 102 valence electrons. The molecule has 0 N–H and O–H groups in total. The maximum atomic E-state index is 5.90. The standard InChI is InChI=1S/C12H26O4Si/c1-5-12(10-13-8-11-9-14-11)17(4,15-6-2)16-7-3/h11-12H,5-10H2,1-4H3. The molecule has 0 aliphatic carbocycles. The van der Waals surface area contributed by atoms with Crippen molar-refractivity contribution in [3.8, 4) is 0 Å². The third-order valence-electron chi connectivity index (χ3n) is 3.12. The van der Waals surface area contributed by atoms with Gasteiger partial charge in [0.1, 0.15) is 6.10 Å². The van der Waals surface area contributed by atoms with Crippen LogP contribution >= 0.6 is 0 Å². The molecule has 0 aromatic heterocycles. The summed E-state index contributed by atoms with van der Waals surface area (Å²) in [4.78, 5) is 0. The zero-order valence-corrected chi connectivity index (χ0v) is 12.5. The monoisotopic (exact) mass is 262 g/mol. The van der Waals surface area contributed by atoms with Crippen LogP contribution in [0.4, 0.5) is 0 Å². The van der Waals surface area contributed by atoms with Crippen LogP contribution in [-0.2, 0) is 18.3 Å². The second-order valence-electron chi connectivity index (χ2n) is 4.48. The fourth-order valence-corrected chi connectivity index (χ4v) is 4.86. The van der Waals surface area contributed by atoms with E-state index in [1.165, 1.54) is 0 Å². The SMILES string of the molecule is CCO[Si](C)(OCC)C(CC)COCC1CO1. The van der Waals surface area contributed by atoms with E-state index < -0.39 is 8.56 Å². The third-order valence-corrected chi connectivity index (χ3v) is 6.90. The van der Waals surface area contributed by atoms with Crippen LogP contribution in [0, 0.1) is 0 Å². The Morgan fingerprint density at radius 2 is 1.82 bits per heavy atom. The second-order valence-corrected chi connectivity index (χ2v) is 7.91. The van der Waals surface area contributed by atoms with Crippen molar-refractivity contribution in [1.82, 2.24) is 0 Å². The van der Waals surface area contributed by atoms with Crippen LogP contribution in [0.25, 0.3) is 0 Å². The van der Waals surface area contributed by atoms with Crippen molar-refractivity contribution in [3.63, 3.8) is 0 Å². The fourth-order valence-electron chi connectivity index (χ4n) is 2.00. The van der Waals surface area contributed by atoms with Crippen LogP contribution in [0.5, 0.6) is 0 Å². The Morgan fingerprint density at radius 3 is 2.24 bits per heavy atom. The Balaban J connectivity index is 2.40. The summed E-state index contributed by atoms with van der Waals surface area (Å²) < 4.78 is 22.6. The van der Waals surface area contributed by atoms with Crippen LogP contribution in [0.1, 0.15) is 27.2 Å². The van der Waals surface area contributed by atoms with Crippen molar-refractivity contribution < 1.29 is 18.3 Å². The molecule has 1 heterocycles. The second kappa shape index (κ2) is 7.48. The lowest BCUT2D eigenvalue weighted by Crippen LogP contribution is -2.45. The summed E-state index contributed by atoms with van der Waals surface area (Å²) in [5.74, 6) is 0.